The van der Waals surface area contributed by atoms with Gasteiger partial charge in [-0.2, -0.15) is 0 Å². The van der Waals surface area contributed by atoms with Crippen molar-refractivity contribution in [2.24, 2.45) is 0 Å². The molecule has 0 amide bonds. The molecule has 1 aliphatic heterocycles. The molecule has 0 radical (unpaired) electrons. The van der Waals surface area contributed by atoms with Crippen LogP contribution in [-0.2, 0) is 5.41 Å². The molecule has 49 heavy (non-hydrogen) atoms. The molecule has 0 spiro atoms. The predicted molar refractivity (Wildman–Crippen MR) is 203 cm³/mol. The molecule has 11 rings (SSSR count). The van der Waals surface area contributed by atoms with E-state index in [2.05, 4.69) is 141 Å². The number of benzene rings is 8. The summed E-state index contributed by atoms with van der Waals surface area (Å²) >= 11 is 0. The van der Waals surface area contributed by atoms with Crippen LogP contribution in [0.1, 0.15) is 25.0 Å². The van der Waals surface area contributed by atoms with Gasteiger partial charge in [0.05, 0.1) is 0 Å². The van der Waals surface area contributed by atoms with Gasteiger partial charge in [-0.3, -0.25) is 0 Å². The van der Waals surface area contributed by atoms with Crippen molar-refractivity contribution in [2.75, 3.05) is 0 Å². The van der Waals surface area contributed by atoms with Gasteiger partial charge in [0.2, 0.25) is 0 Å². The van der Waals surface area contributed by atoms with Crippen molar-refractivity contribution in [2.45, 2.75) is 19.3 Å². The zero-order valence-corrected chi connectivity index (χ0v) is 27.2. The minimum Gasteiger partial charge on any atom is -0.456 e. The van der Waals surface area contributed by atoms with E-state index in [9.17, 15) is 0 Å². The van der Waals surface area contributed by atoms with E-state index in [0.717, 1.165) is 44.6 Å². The zero-order valence-electron chi connectivity index (χ0n) is 27.2. The van der Waals surface area contributed by atoms with Gasteiger partial charge < -0.3 is 9.15 Å². The number of fused-ring (bicyclic) bond motifs is 10. The first-order valence-electron chi connectivity index (χ1n) is 17.0. The van der Waals surface area contributed by atoms with Crippen molar-refractivity contribution in [3.05, 3.63) is 157 Å². The molecular weight excluding hydrogens is 597 g/mol. The Labute approximate surface area is 283 Å². The molecule has 0 atom stereocenters. The average molecular weight is 627 g/mol. The first-order valence-corrected chi connectivity index (χ1v) is 17.0. The van der Waals surface area contributed by atoms with Crippen LogP contribution >= 0.6 is 0 Å². The Hall–Kier alpha value is -6.12. The molecular formula is C47H30O2. The first kappa shape index (κ1) is 26.9. The van der Waals surface area contributed by atoms with Crippen LogP contribution in [0.4, 0.5) is 0 Å². The maximum absolute atomic E-state index is 6.42. The van der Waals surface area contributed by atoms with Gasteiger partial charge in [0, 0.05) is 27.1 Å². The zero-order chi connectivity index (χ0) is 32.4. The standard InChI is InChI=1S/C47H30O2/c1-47(2)39-22-18-27(30-21-24-43-46-35(30)12-8-14-37(46)33-10-4-6-16-42(33)48-43)25-38(39)45-36-13-7-11-29(31(36)20-23-40(45)47)28-17-19-34-32-9-3-5-15-41(32)49-44(34)26-28/h3-26H,1-2H3. The lowest BCUT2D eigenvalue weighted by molar-refractivity contribution is 0.487. The number of rotatable bonds is 2. The number of para-hydroxylation sites is 2. The molecule has 2 aliphatic rings. The minimum atomic E-state index is -0.113. The van der Waals surface area contributed by atoms with Crippen molar-refractivity contribution < 1.29 is 9.15 Å². The number of hydrogen-bond donors (Lipinski definition) is 0. The van der Waals surface area contributed by atoms with Crippen LogP contribution in [0.3, 0.4) is 0 Å². The van der Waals surface area contributed by atoms with Crippen LogP contribution in [-0.4, -0.2) is 0 Å². The Morgan fingerprint density at radius 3 is 2.02 bits per heavy atom. The van der Waals surface area contributed by atoms with Gasteiger partial charge in [-0.1, -0.05) is 123 Å². The molecule has 0 N–H and O–H groups in total. The van der Waals surface area contributed by atoms with E-state index in [1.807, 2.05) is 18.2 Å². The lowest BCUT2D eigenvalue weighted by Crippen LogP contribution is -2.14. The Kier molecular flexibility index (Phi) is 5.21. The summed E-state index contributed by atoms with van der Waals surface area (Å²) in [5, 5.41) is 7.23. The third-order valence-electron chi connectivity index (χ3n) is 11.1. The molecule has 0 unspecified atom stereocenters. The highest BCUT2D eigenvalue weighted by molar-refractivity contribution is 6.12. The molecule has 230 valence electrons. The molecule has 1 aromatic heterocycles. The molecule has 2 nitrogen and oxygen atoms in total. The van der Waals surface area contributed by atoms with Crippen LogP contribution in [0, 0.1) is 0 Å². The predicted octanol–water partition coefficient (Wildman–Crippen LogP) is 13.3. The third kappa shape index (κ3) is 3.61. The second kappa shape index (κ2) is 9.49. The van der Waals surface area contributed by atoms with E-state index in [1.165, 1.54) is 66.1 Å². The second-order valence-corrected chi connectivity index (χ2v) is 14.0. The summed E-state index contributed by atoms with van der Waals surface area (Å²) < 4.78 is 12.7. The fourth-order valence-corrected chi connectivity index (χ4v) is 8.75. The molecule has 0 bridgehead atoms. The maximum atomic E-state index is 6.42. The Balaban J connectivity index is 1.10. The van der Waals surface area contributed by atoms with Gasteiger partial charge >= 0.3 is 0 Å². The van der Waals surface area contributed by atoms with E-state index in [1.54, 1.807) is 0 Å². The lowest BCUT2D eigenvalue weighted by Gasteiger charge is -2.23. The van der Waals surface area contributed by atoms with Crippen LogP contribution in [0.25, 0.3) is 88.0 Å². The van der Waals surface area contributed by atoms with E-state index < -0.39 is 0 Å². The van der Waals surface area contributed by atoms with Crippen molar-refractivity contribution in [3.63, 3.8) is 0 Å². The van der Waals surface area contributed by atoms with Gasteiger partial charge in [-0.25, -0.2) is 0 Å². The van der Waals surface area contributed by atoms with Gasteiger partial charge in [-0.05, 0) is 103 Å². The van der Waals surface area contributed by atoms with E-state index in [0.29, 0.717) is 0 Å². The summed E-state index contributed by atoms with van der Waals surface area (Å²) in [6.45, 7) is 4.72. The van der Waals surface area contributed by atoms with E-state index in [4.69, 9.17) is 9.15 Å². The number of hydrogen-bond acceptors (Lipinski definition) is 2. The highest BCUT2D eigenvalue weighted by atomic mass is 16.5. The summed E-state index contributed by atoms with van der Waals surface area (Å²) in [6.07, 6.45) is 0. The average Bonchev–Trinajstić information content (AvgIpc) is 3.62. The monoisotopic (exact) mass is 626 g/mol. The molecule has 0 fully saturated rings. The smallest absolute Gasteiger partial charge is 0.136 e. The molecule has 8 aromatic carbocycles. The Bertz CT molecular complexity index is 2880. The van der Waals surface area contributed by atoms with Crippen molar-refractivity contribution >= 4 is 43.5 Å². The lowest BCUT2D eigenvalue weighted by atomic mass is 9.81. The van der Waals surface area contributed by atoms with Gasteiger partial charge in [0.1, 0.15) is 22.7 Å². The SMILES string of the molecule is CC1(C)c2ccc(-c3ccc4c5c(cccc35)-c3ccccc3O4)cc2-c2c1ccc1c(-c3ccc4c(c3)oc3ccccc34)cccc21. The quantitative estimate of drug-likeness (QED) is 0.190. The highest BCUT2D eigenvalue weighted by Crippen LogP contribution is 2.54. The molecule has 0 saturated carbocycles. The Morgan fingerprint density at radius 2 is 1.08 bits per heavy atom. The van der Waals surface area contributed by atoms with E-state index >= 15 is 0 Å². The molecule has 2 heterocycles. The van der Waals surface area contributed by atoms with Crippen LogP contribution in [0.5, 0.6) is 11.5 Å². The number of furan rings is 1. The summed E-state index contributed by atoms with van der Waals surface area (Å²) in [4.78, 5) is 0. The second-order valence-electron chi connectivity index (χ2n) is 14.0. The van der Waals surface area contributed by atoms with Gasteiger partial charge in [0.25, 0.3) is 0 Å². The van der Waals surface area contributed by atoms with Crippen LogP contribution < -0.4 is 4.74 Å². The molecule has 0 saturated heterocycles. The summed E-state index contributed by atoms with van der Waals surface area (Å²) in [7, 11) is 0. The summed E-state index contributed by atoms with van der Waals surface area (Å²) in [5.74, 6) is 1.83. The van der Waals surface area contributed by atoms with Gasteiger partial charge in [0.15, 0.2) is 0 Å². The van der Waals surface area contributed by atoms with Crippen LogP contribution in [0.2, 0.25) is 0 Å². The van der Waals surface area contributed by atoms with E-state index in [-0.39, 0.29) is 5.41 Å². The molecule has 9 aromatic rings. The fourth-order valence-electron chi connectivity index (χ4n) is 8.75. The Morgan fingerprint density at radius 1 is 0.408 bits per heavy atom. The fraction of sp³-hybridized carbons (Fsp3) is 0.0638. The van der Waals surface area contributed by atoms with Crippen molar-refractivity contribution in [1.82, 2.24) is 0 Å². The normalized spacial score (nSPS) is 13.8. The first-order chi connectivity index (χ1) is 24.0. The van der Waals surface area contributed by atoms with Crippen molar-refractivity contribution in [3.8, 4) is 56.0 Å². The molecule has 2 heteroatoms. The third-order valence-corrected chi connectivity index (χ3v) is 11.1. The maximum Gasteiger partial charge on any atom is 0.136 e. The molecule has 1 aliphatic carbocycles. The highest BCUT2D eigenvalue weighted by Gasteiger charge is 2.37. The summed E-state index contributed by atoms with van der Waals surface area (Å²) in [5.41, 5.74) is 14.3. The number of ether oxygens (including phenoxy) is 1. The summed E-state index contributed by atoms with van der Waals surface area (Å²) in [6, 6.07) is 52.8. The van der Waals surface area contributed by atoms with Gasteiger partial charge in [-0.15, -0.1) is 0 Å². The minimum absolute atomic E-state index is 0.113. The van der Waals surface area contributed by atoms with Crippen LogP contribution in [0.15, 0.2) is 150 Å². The van der Waals surface area contributed by atoms with Crippen molar-refractivity contribution in [1.29, 1.82) is 0 Å². The topological polar surface area (TPSA) is 22.4 Å². The largest absolute Gasteiger partial charge is 0.456 e.